The molecule has 4 nitrogen and oxygen atoms in total. The second-order valence-electron chi connectivity index (χ2n) is 10.9. The summed E-state index contributed by atoms with van der Waals surface area (Å²) in [5, 5.41) is 6.37. The van der Waals surface area contributed by atoms with E-state index in [1.807, 2.05) is 0 Å². The van der Waals surface area contributed by atoms with E-state index in [9.17, 15) is 0 Å². The molecule has 220 valence electrons. The SMILES string of the molecule is Ic1ccc(-c2c3nc(c(-c4cccs4)c4ccc([nH]4)c(-c4cccs4)c4nc(c(-c5cccs5)c5ccc2[nH]5)C=C4)C=C3)cc1. The van der Waals surface area contributed by atoms with Gasteiger partial charge in [0, 0.05) is 62.5 Å². The Morgan fingerprint density at radius 2 is 0.804 bits per heavy atom. The van der Waals surface area contributed by atoms with Crippen molar-refractivity contribution >= 4 is 103 Å². The highest BCUT2D eigenvalue weighted by Gasteiger charge is 2.19. The van der Waals surface area contributed by atoms with Crippen LogP contribution in [-0.4, -0.2) is 19.9 Å². The standard InChI is InChI=1S/C38H23IN4S3/c39-23-9-7-22(8-10-23)35-24-11-13-26(40-24)36(32-4-1-19-44-32)28-15-17-30(42-28)38(34-6-3-21-46-34)31-18-16-29(43-31)37(33-5-2-20-45-33)27-14-12-25(35)41-27/h1-21,40,43H. The predicted octanol–water partition coefficient (Wildman–Crippen LogP) is 12.1. The van der Waals surface area contributed by atoms with Gasteiger partial charge in [-0.3, -0.25) is 0 Å². The normalized spacial score (nSPS) is 12.3. The Morgan fingerprint density at radius 3 is 1.17 bits per heavy atom. The van der Waals surface area contributed by atoms with Gasteiger partial charge in [0.2, 0.25) is 0 Å². The van der Waals surface area contributed by atoms with Crippen LogP contribution >= 0.6 is 56.6 Å². The van der Waals surface area contributed by atoms with Gasteiger partial charge in [0.05, 0.1) is 22.8 Å². The van der Waals surface area contributed by atoms with E-state index < -0.39 is 0 Å². The quantitative estimate of drug-likeness (QED) is 0.176. The van der Waals surface area contributed by atoms with Gasteiger partial charge in [-0.25, -0.2) is 9.97 Å². The summed E-state index contributed by atoms with van der Waals surface area (Å²) >= 11 is 7.54. The van der Waals surface area contributed by atoms with Crippen molar-refractivity contribution in [2.45, 2.75) is 0 Å². The first-order chi connectivity index (χ1) is 22.7. The summed E-state index contributed by atoms with van der Waals surface area (Å²) in [6, 6.07) is 30.2. The van der Waals surface area contributed by atoms with Crippen molar-refractivity contribution in [1.82, 2.24) is 19.9 Å². The van der Waals surface area contributed by atoms with Crippen LogP contribution in [0, 0.1) is 3.57 Å². The lowest BCUT2D eigenvalue weighted by Gasteiger charge is -2.05. The monoisotopic (exact) mass is 758 g/mol. The minimum absolute atomic E-state index is 0.926. The molecule has 46 heavy (non-hydrogen) atoms. The molecule has 8 heterocycles. The number of benzene rings is 1. The van der Waals surface area contributed by atoms with Crippen molar-refractivity contribution < 1.29 is 0 Å². The second-order valence-corrected chi connectivity index (χ2v) is 15.0. The summed E-state index contributed by atoms with van der Waals surface area (Å²) in [5.41, 5.74) is 13.3. The molecule has 8 bridgehead atoms. The summed E-state index contributed by atoms with van der Waals surface area (Å²) in [6.07, 6.45) is 8.60. The first kappa shape index (κ1) is 27.9. The second kappa shape index (κ2) is 11.5. The van der Waals surface area contributed by atoms with E-state index in [1.165, 1.54) is 18.2 Å². The third kappa shape index (κ3) is 4.84. The Labute approximate surface area is 290 Å². The average Bonchev–Trinajstić information content (AvgIpc) is 3.91. The molecule has 0 unspecified atom stereocenters. The largest absolute Gasteiger partial charge is 0.354 e. The van der Waals surface area contributed by atoms with Crippen LogP contribution in [-0.2, 0) is 0 Å². The smallest absolute Gasteiger partial charge is 0.0745 e. The van der Waals surface area contributed by atoms with E-state index in [0.29, 0.717) is 0 Å². The van der Waals surface area contributed by atoms with Gasteiger partial charge in [0.25, 0.3) is 0 Å². The molecule has 1 aromatic carbocycles. The molecule has 0 fully saturated rings. The molecule has 0 saturated carbocycles. The number of thiophene rings is 3. The molecule has 0 amide bonds. The number of fused-ring (bicyclic) bond motifs is 8. The van der Waals surface area contributed by atoms with Crippen LogP contribution in [0.1, 0.15) is 22.8 Å². The van der Waals surface area contributed by atoms with Crippen LogP contribution < -0.4 is 0 Å². The third-order valence-electron chi connectivity index (χ3n) is 8.19. The van der Waals surface area contributed by atoms with Gasteiger partial charge in [-0.05, 0) is 123 Å². The van der Waals surface area contributed by atoms with Crippen molar-refractivity contribution in [1.29, 1.82) is 0 Å². The van der Waals surface area contributed by atoms with Gasteiger partial charge in [-0.1, -0.05) is 30.3 Å². The van der Waals surface area contributed by atoms with E-state index >= 15 is 0 Å². The van der Waals surface area contributed by atoms with Gasteiger partial charge >= 0.3 is 0 Å². The van der Waals surface area contributed by atoms with Gasteiger partial charge in [0.15, 0.2) is 0 Å². The number of rotatable bonds is 4. The molecule has 0 atom stereocenters. The topological polar surface area (TPSA) is 57.4 Å². The fourth-order valence-corrected chi connectivity index (χ4v) is 8.91. The third-order valence-corrected chi connectivity index (χ3v) is 11.6. The zero-order valence-electron chi connectivity index (χ0n) is 24.1. The number of aromatic amines is 2. The van der Waals surface area contributed by atoms with Crippen molar-refractivity contribution in [2.24, 2.45) is 0 Å². The summed E-state index contributed by atoms with van der Waals surface area (Å²) in [6.45, 7) is 0. The number of hydrogen-bond acceptors (Lipinski definition) is 5. The number of aromatic nitrogens is 4. The van der Waals surface area contributed by atoms with E-state index in [0.717, 1.165) is 72.7 Å². The Hall–Kier alpha value is -4.35. The highest BCUT2D eigenvalue weighted by molar-refractivity contribution is 14.1. The van der Waals surface area contributed by atoms with Crippen LogP contribution in [0.15, 0.2) is 101 Å². The number of H-pyrrole nitrogens is 2. The van der Waals surface area contributed by atoms with E-state index in [1.54, 1.807) is 34.0 Å². The lowest BCUT2D eigenvalue weighted by molar-refractivity contribution is 1.31. The first-order valence-electron chi connectivity index (χ1n) is 14.7. The molecule has 2 aliphatic heterocycles. The van der Waals surface area contributed by atoms with Crippen LogP contribution in [0.5, 0.6) is 0 Å². The number of halogens is 1. The molecule has 6 aromatic heterocycles. The van der Waals surface area contributed by atoms with Crippen molar-refractivity contribution in [3.63, 3.8) is 0 Å². The highest BCUT2D eigenvalue weighted by atomic mass is 127. The predicted molar refractivity (Wildman–Crippen MR) is 207 cm³/mol. The average molecular weight is 759 g/mol. The zero-order valence-corrected chi connectivity index (χ0v) is 28.7. The molecule has 0 spiro atoms. The van der Waals surface area contributed by atoms with Crippen LogP contribution in [0.2, 0.25) is 0 Å². The van der Waals surface area contributed by atoms with Crippen molar-refractivity contribution in [2.75, 3.05) is 0 Å². The fourth-order valence-electron chi connectivity index (χ4n) is 6.17. The Morgan fingerprint density at radius 1 is 0.435 bits per heavy atom. The fraction of sp³-hybridized carbons (Fsp3) is 0. The van der Waals surface area contributed by atoms with Crippen LogP contribution in [0.4, 0.5) is 0 Å². The lowest BCUT2D eigenvalue weighted by Crippen LogP contribution is -1.88. The molecular weight excluding hydrogens is 736 g/mol. The van der Waals surface area contributed by atoms with Crippen LogP contribution in [0.3, 0.4) is 0 Å². The number of nitrogens with one attached hydrogen (secondary N) is 2. The summed E-state index contributed by atoms with van der Waals surface area (Å²) in [5.74, 6) is 0. The Bertz CT molecular complexity index is 2430. The summed E-state index contributed by atoms with van der Waals surface area (Å²) in [4.78, 5) is 21.8. The summed E-state index contributed by atoms with van der Waals surface area (Å²) < 4.78 is 1.19. The van der Waals surface area contributed by atoms with E-state index in [-0.39, 0.29) is 0 Å². The van der Waals surface area contributed by atoms with Gasteiger partial charge < -0.3 is 9.97 Å². The van der Waals surface area contributed by atoms with Gasteiger partial charge in [-0.15, -0.1) is 34.0 Å². The number of nitrogens with zero attached hydrogens (tertiary/aromatic N) is 2. The van der Waals surface area contributed by atoms with Crippen molar-refractivity contribution in [3.8, 4) is 42.4 Å². The highest BCUT2D eigenvalue weighted by Crippen LogP contribution is 2.40. The van der Waals surface area contributed by atoms with Gasteiger partial charge in [0.1, 0.15) is 0 Å². The molecule has 9 rings (SSSR count). The minimum Gasteiger partial charge on any atom is -0.354 e. The van der Waals surface area contributed by atoms with E-state index in [2.05, 4.69) is 158 Å². The zero-order chi connectivity index (χ0) is 30.6. The molecule has 0 radical (unpaired) electrons. The van der Waals surface area contributed by atoms with Crippen molar-refractivity contribution in [3.05, 3.63) is 127 Å². The molecule has 2 aliphatic rings. The first-order valence-corrected chi connectivity index (χ1v) is 18.5. The molecule has 8 heteroatoms. The maximum Gasteiger partial charge on any atom is 0.0745 e. The van der Waals surface area contributed by atoms with Gasteiger partial charge in [-0.2, -0.15) is 0 Å². The van der Waals surface area contributed by atoms with E-state index in [4.69, 9.17) is 9.97 Å². The molecule has 0 aliphatic carbocycles. The summed E-state index contributed by atoms with van der Waals surface area (Å²) in [7, 11) is 0. The van der Waals surface area contributed by atoms with Crippen LogP contribution in [0.25, 0.3) is 88.8 Å². The molecular formula is C38H23IN4S3. The Balaban J connectivity index is 1.48. The molecule has 2 N–H and O–H groups in total. The maximum absolute atomic E-state index is 5.34. The Kier molecular flexibility index (Phi) is 6.96. The number of hydrogen-bond donors (Lipinski definition) is 2. The lowest BCUT2D eigenvalue weighted by atomic mass is 10.0. The minimum atomic E-state index is 0.926. The molecule has 7 aromatic rings. The molecule has 0 saturated heterocycles. The maximum atomic E-state index is 5.34.